The van der Waals surface area contributed by atoms with Crippen molar-refractivity contribution in [3.8, 4) is 0 Å². The van der Waals surface area contributed by atoms with E-state index in [9.17, 15) is 0 Å². The van der Waals surface area contributed by atoms with Crippen LogP contribution in [0.15, 0.2) is 60.7 Å². The van der Waals surface area contributed by atoms with E-state index < -0.39 is 0 Å². The summed E-state index contributed by atoms with van der Waals surface area (Å²) in [6.45, 7) is 0. The first kappa shape index (κ1) is 16.8. The van der Waals surface area contributed by atoms with Crippen molar-refractivity contribution in [2.24, 2.45) is 0 Å². The topological polar surface area (TPSA) is 18.5 Å². The molecule has 0 saturated heterocycles. The largest absolute Gasteiger partial charge is 0.365 e. The highest BCUT2D eigenvalue weighted by Crippen LogP contribution is 2.50. The van der Waals surface area contributed by atoms with E-state index in [-0.39, 0.29) is 10.9 Å². The van der Waals surface area contributed by atoms with Gasteiger partial charge in [0.2, 0.25) is 0 Å². The van der Waals surface area contributed by atoms with Gasteiger partial charge in [0.05, 0.1) is 0 Å². The summed E-state index contributed by atoms with van der Waals surface area (Å²) >= 11 is 0. The van der Waals surface area contributed by atoms with Crippen molar-refractivity contribution in [3.05, 3.63) is 71.8 Å². The van der Waals surface area contributed by atoms with Crippen molar-refractivity contribution in [1.29, 1.82) is 0 Å². The normalized spacial score (nSPS) is 13.8. The predicted octanol–water partition coefficient (Wildman–Crippen LogP) is 5.71. The second kappa shape index (κ2) is 9.43. The Kier molecular flexibility index (Phi) is 7.53. The summed E-state index contributed by atoms with van der Waals surface area (Å²) in [5.74, 6) is 0. The molecule has 2 atom stereocenters. The van der Waals surface area contributed by atoms with Crippen molar-refractivity contribution in [3.63, 3.8) is 0 Å². The fraction of sp³-hybridized carbons (Fsp3) is 0.250. The lowest BCUT2D eigenvalue weighted by molar-refractivity contribution is 0.176. The lowest BCUT2D eigenvalue weighted by atomic mass is 10.2. The zero-order chi connectivity index (χ0) is 14.9. The Hall–Kier alpha value is -0.590. The summed E-state index contributed by atoms with van der Waals surface area (Å²) in [5.41, 5.74) is 2.40. The van der Waals surface area contributed by atoms with E-state index in [4.69, 9.17) is 9.47 Å². The predicted molar refractivity (Wildman–Crippen MR) is 95.2 cm³/mol. The molecular formula is C16H18O2S3. The Labute approximate surface area is 137 Å². The van der Waals surface area contributed by atoms with Gasteiger partial charge in [0.1, 0.15) is 10.9 Å². The van der Waals surface area contributed by atoms with Crippen molar-refractivity contribution < 1.29 is 9.47 Å². The molecule has 2 aromatic carbocycles. The zero-order valence-electron chi connectivity index (χ0n) is 12.0. The van der Waals surface area contributed by atoms with Gasteiger partial charge in [-0.2, -0.15) is 0 Å². The van der Waals surface area contributed by atoms with E-state index in [2.05, 4.69) is 24.3 Å². The molecule has 21 heavy (non-hydrogen) atoms. The number of rotatable bonds is 8. The van der Waals surface area contributed by atoms with Crippen LogP contribution in [0.25, 0.3) is 0 Å². The Morgan fingerprint density at radius 2 is 1.05 bits per heavy atom. The van der Waals surface area contributed by atoms with Crippen molar-refractivity contribution in [1.82, 2.24) is 0 Å². The smallest absolute Gasteiger partial charge is 0.138 e. The van der Waals surface area contributed by atoms with E-state index in [0.29, 0.717) is 0 Å². The highest BCUT2D eigenvalue weighted by molar-refractivity contribution is 9.09. The first-order valence-corrected chi connectivity index (χ1v) is 10.1. The number of ether oxygens (including phenoxy) is 2. The SMILES string of the molecule is COC(SSSC(OC)c1ccccc1)c1ccccc1. The van der Waals surface area contributed by atoms with Crippen LogP contribution in [0.1, 0.15) is 22.0 Å². The molecule has 0 aliphatic heterocycles. The van der Waals surface area contributed by atoms with Crippen LogP contribution in [0.3, 0.4) is 0 Å². The van der Waals surface area contributed by atoms with Gasteiger partial charge in [-0.15, -0.1) is 0 Å². The van der Waals surface area contributed by atoms with Crippen LogP contribution in [-0.2, 0) is 9.47 Å². The summed E-state index contributed by atoms with van der Waals surface area (Å²) < 4.78 is 11.1. The Balaban J connectivity index is 1.87. The molecule has 112 valence electrons. The van der Waals surface area contributed by atoms with Gasteiger partial charge in [0, 0.05) is 14.2 Å². The molecule has 0 N–H and O–H groups in total. The van der Waals surface area contributed by atoms with Gasteiger partial charge in [0.25, 0.3) is 0 Å². The van der Waals surface area contributed by atoms with Gasteiger partial charge in [0.15, 0.2) is 0 Å². The van der Waals surface area contributed by atoms with Crippen molar-refractivity contribution in [2.75, 3.05) is 14.2 Å². The molecule has 2 rings (SSSR count). The molecule has 0 fully saturated rings. The second-order valence-corrected chi connectivity index (χ2v) is 8.38. The van der Waals surface area contributed by atoms with Gasteiger partial charge in [-0.05, 0) is 42.5 Å². The number of methoxy groups -OCH3 is 2. The molecule has 0 aliphatic rings. The second-order valence-electron chi connectivity index (χ2n) is 4.22. The van der Waals surface area contributed by atoms with Gasteiger partial charge < -0.3 is 9.47 Å². The van der Waals surface area contributed by atoms with Gasteiger partial charge in [-0.1, -0.05) is 60.7 Å². The van der Waals surface area contributed by atoms with E-state index in [0.717, 1.165) is 0 Å². The molecule has 0 amide bonds. The average Bonchev–Trinajstić information content (AvgIpc) is 2.57. The van der Waals surface area contributed by atoms with Gasteiger partial charge in [-0.25, -0.2) is 0 Å². The lowest BCUT2D eigenvalue weighted by Gasteiger charge is -2.17. The third-order valence-electron chi connectivity index (χ3n) is 2.82. The average molecular weight is 339 g/mol. The zero-order valence-corrected chi connectivity index (χ0v) is 14.4. The Morgan fingerprint density at radius 3 is 1.38 bits per heavy atom. The van der Waals surface area contributed by atoms with Gasteiger partial charge in [-0.3, -0.25) is 0 Å². The summed E-state index contributed by atoms with van der Waals surface area (Å²) in [4.78, 5) is 0. The van der Waals surface area contributed by atoms with Crippen molar-refractivity contribution >= 4 is 31.4 Å². The summed E-state index contributed by atoms with van der Waals surface area (Å²) in [5, 5.41) is 0. The first-order chi connectivity index (χ1) is 10.3. The maximum Gasteiger partial charge on any atom is 0.138 e. The third kappa shape index (κ3) is 5.27. The van der Waals surface area contributed by atoms with Crippen LogP contribution in [0.4, 0.5) is 0 Å². The minimum absolute atomic E-state index is 0.0250. The molecule has 5 heteroatoms. The molecule has 0 aromatic heterocycles. The molecular weight excluding hydrogens is 320 g/mol. The molecule has 0 bridgehead atoms. The monoisotopic (exact) mass is 338 g/mol. The summed E-state index contributed by atoms with van der Waals surface area (Å²) in [7, 11) is 8.55. The minimum atomic E-state index is 0.0250. The maximum absolute atomic E-state index is 5.55. The van der Waals surface area contributed by atoms with Crippen LogP contribution < -0.4 is 0 Å². The standard InChI is InChI=1S/C16H18O2S3/c1-17-15(13-9-5-3-6-10-13)19-21-20-16(18-2)14-11-7-4-8-12-14/h3-12,15-16H,1-2H3. The van der Waals surface area contributed by atoms with E-state index in [1.54, 1.807) is 45.6 Å². The number of hydrogen-bond acceptors (Lipinski definition) is 5. The molecule has 2 unspecified atom stereocenters. The Morgan fingerprint density at radius 1 is 0.667 bits per heavy atom. The lowest BCUT2D eigenvalue weighted by Crippen LogP contribution is -1.96. The van der Waals surface area contributed by atoms with Gasteiger partial charge >= 0.3 is 0 Å². The quantitative estimate of drug-likeness (QED) is 0.452. The summed E-state index contributed by atoms with van der Waals surface area (Å²) in [6.07, 6.45) is 0. The van der Waals surface area contributed by atoms with Crippen LogP contribution in [0.2, 0.25) is 0 Å². The molecule has 2 nitrogen and oxygen atoms in total. The van der Waals surface area contributed by atoms with Crippen LogP contribution >= 0.6 is 31.4 Å². The highest BCUT2D eigenvalue weighted by Gasteiger charge is 2.15. The molecule has 0 aliphatic carbocycles. The Bertz CT molecular complexity index is 460. The van der Waals surface area contributed by atoms with E-state index in [1.165, 1.54) is 11.1 Å². The fourth-order valence-corrected chi connectivity index (χ4v) is 6.05. The van der Waals surface area contributed by atoms with E-state index >= 15 is 0 Å². The number of hydrogen-bond donors (Lipinski definition) is 0. The highest BCUT2D eigenvalue weighted by atomic mass is 33.5. The first-order valence-electron chi connectivity index (χ1n) is 6.49. The molecule has 2 aromatic rings. The minimum Gasteiger partial charge on any atom is -0.365 e. The van der Waals surface area contributed by atoms with Crippen LogP contribution in [-0.4, -0.2) is 14.2 Å². The summed E-state index contributed by atoms with van der Waals surface area (Å²) in [6, 6.07) is 20.5. The third-order valence-corrected chi connectivity index (χ3v) is 7.20. The van der Waals surface area contributed by atoms with Crippen LogP contribution in [0.5, 0.6) is 0 Å². The number of benzene rings is 2. The fourth-order valence-electron chi connectivity index (χ4n) is 1.78. The molecule has 0 heterocycles. The molecule has 0 spiro atoms. The van der Waals surface area contributed by atoms with Crippen LogP contribution in [0, 0.1) is 0 Å². The van der Waals surface area contributed by atoms with E-state index in [1.807, 2.05) is 36.4 Å². The maximum atomic E-state index is 5.55. The van der Waals surface area contributed by atoms with Crippen molar-refractivity contribution in [2.45, 2.75) is 10.9 Å². The molecule has 0 saturated carbocycles. The molecule has 0 radical (unpaired) electrons.